The zero-order valence-electron chi connectivity index (χ0n) is 15.9. The molecule has 5 heteroatoms. The first-order chi connectivity index (χ1) is 12.4. The lowest BCUT2D eigenvalue weighted by Gasteiger charge is -2.29. The minimum atomic E-state index is -0.525. The normalized spacial score (nSPS) is 19.7. The summed E-state index contributed by atoms with van der Waals surface area (Å²) in [6.45, 7) is 6.59. The maximum atomic E-state index is 13.2. The molecule has 0 bridgehead atoms. The lowest BCUT2D eigenvalue weighted by Crippen LogP contribution is -2.44. The molecule has 5 nitrogen and oxygen atoms in total. The van der Waals surface area contributed by atoms with E-state index in [1.807, 2.05) is 55.3 Å². The summed E-state index contributed by atoms with van der Waals surface area (Å²) in [7, 11) is 1.79. The number of amides is 1. The number of aryl methyl sites for hydroxylation is 3. The average molecular weight is 353 g/mol. The summed E-state index contributed by atoms with van der Waals surface area (Å²) < 4.78 is 0. The number of likely N-dealkylation sites (N-methyl/N-ethyl adjacent to an activating group) is 1. The Morgan fingerprint density at radius 3 is 2.81 bits per heavy atom. The van der Waals surface area contributed by atoms with E-state index in [1.54, 1.807) is 11.9 Å². The van der Waals surface area contributed by atoms with Crippen LogP contribution < -0.4 is 9.80 Å². The number of aliphatic hydroxyl groups is 1. The van der Waals surface area contributed by atoms with Gasteiger partial charge in [0.05, 0.1) is 6.10 Å². The van der Waals surface area contributed by atoms with E-state index in [0.717, 1.165) is 29.1 Å². The van der Waals surface area contributed by atoms with Crippen LogP contribution in [0.1, 0.15) is 30.0 Å². The van der Waals surface area contributed by atoms with Gasteiger partial charge in [-0.3, -0.25) is 4.79 Å². The molecule has 0 radical (unpaired) electrons. The molecule has 1 N–H and O–H groups in total. The minimum absolute atomic E-state index is 0.0208. The van der Waals surface area contributed by atoms with Gasteiger partial charge in [-0.05, 0) is 55.2 Å². The van der Waals surface area contributed by atoms with E-state index in [-0.39, 0.29) is 5.91 Å². The molecule has 2 aromatic rings. The Kier molecular flexibility index (Phi) is 5.28. The van der Waals surface area contributed by atoms with Crippen molar-refractivity contribution < 1.29 is 9.90 Å². The number of carbonyl (C=O) groups excluding carboxylic acids is 1. The molecule has 0 saturated carbocycles. The van der Waals surface area contributed by atoms with Crippen molar-refractivity contribution >= 4 is 17.4 Å². The molecule has 1 aromatic carbocycles. The number of hydrogen-bond acceptors (Lipinski definition) is 4. The van der Waals surface area contributed by atoms with Gasteiger partial charge in [0.2, 0.25) is 5.91 Å². The van der Waals surface area contributed by atoms with Gasteiger partial charge in [-0.1, -0.05) is 19.1 Å². The van der Waals surface area contributed by atoms with Crippen molar-refractivity contribution in [2.24, 2.45) is 0 Å². The van der Waals surface area contributed by atoms with Gasteiger partial charge in [0.25, 0.3) is 0 Å². The SMILES string of the molecule is CCc1cc(N2C[C@@H](O)C[C@H]2C(=O)N(C)c2cccc(C)c2)ncc1C. The average Bonchev–Trinajstić information content (AvgIpc) is 3.02. The highest BCUT2D eigenvalue weighted by Crippen LogP contribution is 2.28. The van der Waals surface area contributed by atoms with E-state index in [2.05, 4.69) is 11.9 Å². The molecule has 26 heavy (non-hydrogen) atoms. The Morgan fingerprint density at radius 2 is 2.12 bits per heavy atom. The predicted molar refractivity (Wildman–Crippen MR) is 105 cm³/mol. The van der Waals surface area contributed by atoms with Crippen molar-refractivity contribution in [3.63, 3.8) is 0 Å². The van der Waals surface area contributed by atoms with E-state index < -0.39 is 12.1 Å². The number of benzene rings is 1. The van der Waals surface area contributed by atoms with E-state index in [0.29, 0.717) is 13.0 Å². The number of aliphatic hydroxyl groups excluding tert-OH is 1. The summed E-state index contributed by atoms with van der Waals surface area (Å²) >= 11 is 0. The van der Waals surface area contributed by atoms with Crippen LogP contribution in [0.4, 0.5) is 11.5 Å². The summed E-state index contributed by atoms with van der Waals surface area (Å²) in [6.07, 6.45) is 2.67. The second-order valence-corrected chi connectivity index (χ2v) is 7.12. The second kappa shape index (κ2) is 7.46. The Bertz CT molecular complexity index is 806. The number of rotatable bonds is 4. The zero-order chi connectivity index (χ0) is 18.8. The first kappa shape index (κ1) is 18.4. The van der Waals surface area contributed by atoms with Crippen LogP contribution in [-0.2, 0) is 11.2 Å². The molecule has 2 atom stereocenters. The Morgan fingerprint density at radius 1 is 1.35 bits per heavy atom. The van der Waals surface area contributed by atoms with E-state index >= 15 is 0 Å². The molecule has 2 heterocycles. The van der Waals surface area contributed by atoms with E-state index in [1.165, 1.54) is 5.56 Å². The van der Waals surface area contributed by atoms with Gasteiger partial charge < -0.3 is 14.9 Å². The highest BCUT2D eigenvalue weighted by atomic mass is 16.3. The molecule has 1 fully saturated rings. The third-order valence-electron chi connectivity index (χ3n) is 5.16. The standard InChI is InChI=1S/C21H27N3O2/c1-5-16-10-20(22-12-15(16)3)24-13-18(25)11-19(24)21(26)23(4)17-8-6-7-14(2)9-17/h6-10,12,18-19,25H,5,11,13H2,1-4H3/t18-,19-/m0/s1. The largest absolute Gasteiger partial charge is 0.391 e. The summed E-state index contributed by atoms with van der Waals surface area (Å²) in [4.78, 5) is 21.3. The molecular formula is C21H27N3O2. The minimum Gasteiger partial charge on any atom is -0.391 e. The monoisotopic (exact) mass is 353 g/mol. The number of anilines is 2. The highest BCUT2D eigenvalue weighted by molar-refractivity contribution is 5.99. The van der Waals surface area contributed by atoms with Gasteiger partial charge in [0.15, 0.2) is 0 Å². The van der Waals surface area contributed by atoms with Gasteiger partial charge in [0, 0.05) is 31.9 Å². The quantitative estimate of drug-likeness (QED) is 0.918. The van der Waals surface area contributed by atoms with Crippen LogP contribution in [0.15, 0.2) is 36.5 Å². The fourth-order valence-corrected chi connectivity index (χ4v) is 3.58. The Balaban J connectivity index is 1.88. The van der Waals surface area contributed by atoms with Crippen LogP contribution in [0.5, 0.6) is 0 Å². The van der Waals surface area contributed by atoms with Crippen molar-refractivity contribution in [2.75, 3.05) is 23.4 Å². The molecule has 0 spiro atoms. The second-order valence-electron chi connectivity index (χ2n) is 7.12. The predicted octanol–water partition coefficient (Wildman–Crippen LogP) is 2.86. The first-order valence-electron chi connectivity index (χ1n) is 9.15. The molecular weight excluding hydrogens is 326 g/mol. The van der Waals surface area contributed by atoms with Gasteiger partial charge in [-0.25, -0.2) is 4.98 Å². The molecule has 138 valence electrons. The van der Waals surface area contributed by atoms with Crippen molar-refractivity contribution in [1.82, 2.24) is 4.98 Å². The van der Waals surface area contributed by atoms with Crippen LogP contribution in [0.2, 0.25) is 0 Å². The number of aromatic nitrogens is 1. The fourth-order valence-electron chi connectivity index (χ4n) is 3.58. The van der Waals surface area contributed by atoms with Crippen molar-refractivity contribution in [1.29, 1.82) is 0 Å². The summed E-state index contributed by atoms with van der Waals surface area (Å²) in [5.41, 5.74) is 4.34. The fraction of sp³-hybridized carbons (Fsp3) is 0.429. The van der Waals surface area contributed by atoms with Crippen molar-refractivity contribution in [2.45, 2.75) is 45.8 Å². The lowest BCUT2D eigenvalue weighted by molar-refractivity contribution is -0.119. The Hall–Kier alpha value is -2.40. The highest BCUT2D eigenvalue weighted by Gasteiger charge is 2.38. The molecule has 1 aromatic heterocycles. The number of β-amino-alcohol motifs (C(OH)–C–C–N with tert-alkyl or cyclic N) is 1. The smallest absolute Gasteiger partial charge is 0.249 e. The summed E-state index contributed by atoms with van der Waals surface area (Å²) in [6, 6.07) is 9.52. The van der Waals surface area contributed by atoms with Crippen LogP contribution in [0.25, 0.3) is 0 Å². The summed E-state index contributed by atoms with van der Waals surface area (Å²) in [5.74, 6) is 0.743. The van der Waals surface area contributed by atoms with Gasteiger partial charge in [-0.2, -0.15) is 0 Å². The van der Waals surface area contributed by atoms with Crippen LogP contribution in [0, 0.1) is 13.8 Å². The molecule has 1 aliphatic rings. The third-order valence-corrected chi connectivity index (χ3v) is 5.16. The van der Waals surface area contributed by atoms with Gasteiger partial charge in [0.1, 0.15) is 11.9 Å². The summed E-state index contributed by atoms with van der Waals surface area (Å²) in [5, 5.41) is 10.2. The molecule has 0 aliphatic carbocycles. The molecule has 0 unspecified atom stereocenters. The molecule has 1 saturated heterocycles. The van der Waals surface area contributed by atoms with E-state index in [9.17, 15) is 9.90 Å². The third kappa shape index (κ3) is 3.58. The van der Waals surface area contributed by atoms with Crippen molar-refractivity contribution in [3.8, 4) is 0 Å². The number of nitrogens with zero attached hydrogens (tertiary/aromatic N) is 3. The Labute approximate surface area is 155 Å². The molecule has 3 rings (SSSR count). The van der Waals surface area contributed by atoms with Crippen LogP contribution >= 0.6 is 0 Å². The number of pyridine rings is 1. The molecule has 1 amide bonds. The zero-order valence-corrected chi connectivity index (χ0v) is 15.9. The number of carbonyl (C=O) groups is 1. The van der Waals surface area contributed by atoms with Crippen LogP contribution in [0.3, 0.4) is 0 Å². The lowest BCUT2D eigenvalue weighted by atomic mass is 10.1. The number of hydrogen-bond donors (Lipinski definition) is 1. The van der Waals surface area contributed by atoms with Crippen molar-refractivity contribution in [3.05, 3.63) is 53.2 Å². The van der Waals surface area contributed by atoms with Gasteiger partial charge in [-0.15, -0.1) is 0 Å². The van der Waals surface area contributed by atoms with Crippen LogP contribution in [-0.4, -0.2) is 41.7 Å². The molecule has 1 aliphatic heterocycles. The maximum absolute atomic E-state index is 13.2. The van der Waals surface area contributed by atoms with Gasteiger partial charge >= 0.3 is 0 Å². The van der Waals surface area contributed by atoms with E-state index in [4.69, 9.17) is 0 Å². The first-order valence-corrected chi connectivity index (χ1v) is 9.15. The topological polar surface area (TPSA) is 56.7 Å². The maximum Gasteiger partial charge on any atom is 0.249 e.